The molecule has 8 heteroatoms. The number of benzene rings is 1. The summed E-state index contributed by atoms with van der Waals surface area (Å²) in [7, 11) is 0. The molecule has 1 saturated heterocycles. The van der Waals surface area contributed by atoms with E-state index in [4.69, 9.17) is 16.3 Å². The van der Waals surface area contributed by atoms with E-state index < -0.39 is 0 Å². The minimum absolute atomic E-state index is 0.0691. The highest BCUT2D eigenvalue weighted by Crippen LogP contribution is 2.25. The van der Waals surface area contributed by atoms with Crippen LogP contribution in [0.3, 0.4) is 0 Å². The standard InChI is InChI=1S/C25H30ClN3O4/c1-5-29-17(3)21(23(18(29)4)25(32)33-6-2)11-12-22(30)27-13-15-28(16-14-27)24(31)19-7-9-20(26)10-8-19/h7-12H,5-6,13-16H2,1-4H3/b12-11+. The van der Waals surface area contributed by atoms with Crippen LogP contribution < -0.4 is 0 Å². The number of esters is 1. The fraction of sp³-hybridized carbons (Fsp3) is 0.400. The number of nitrogens with zero attached hydrogens (tertiary/aromatic N) is 3. The number of ether oxygens (including phenoxy) is 1. The van der Waals surface area contributed by atoms with E-state index in [1.54, 1.807) is 47.1 Å². The van der Waals surface area contributed by atoms with Crippen molar-refractivity contribution in [3.63, 3.8) is 0 Å². The Bertz CT molecular complexity index is 1060. The average molecular weight is 472 g/mol. The number of piperazine rings is 1. The van der Waals surface area contributed by atoms with Gasteiger partial charge in [0.15, 0.2) is 0 Å². The molecule has 176 valence electrons. The molecule has 0 bridgehead atoms. The molecule has 1 aliphatic heterocycles. The first-order valence-electron chi connectivity index (χ1n) is 11.2. The lowest BCUT2D eigenvalue weighted by molar-refractivity contribution is -0.127. The fourth-order valence-corrected chi connectivity index (χ4v) is 4.34. The predicted octanol–water partition coefficient (Wildman–Crippen LogP) is 3.95. The Morgan fingerprint density at radius 1 is 0.970 bits per heavy atom. The van der Waals surface area contributed by atoms with E-state index in [2.05, 4.69) is 0 Å². The fourth-order valence-electron chi connectivity index (χ4n) is 4.21. The second-order valence-electron chi connectivity index (χ2n) is 7.88. The van der Waals surface area contributed by atoms with Gasteiger partial charge in [0.25, 0.3) is 5.91 Å². The van der Waals surface area contributed by atoms with Gasteiger partial charge in [-0.05, 0) is 58.0 Å². The highest BCUT2D eigenvalue weighted by Gasteiger charge is 2.25. The number of halogens is 1. The van der Waals surface area contributed by atoms with E-state index >= 15 is 0 Å². The second-order valence-corrected chi connectivity index (χ2v) is 8.32. The number of hydrogen-bond donors (Lipinski definition) is 0. The SMILES string of the molecule is CCOC(=O)c1c(/C=C/C(=O)N2CCN(C(=O)c3ccc(Cl)cc3)CC2)c(C)n(CC)c1C. The molecule has 0 spiro atoms. The molecule has 33 heavy (non-hydrogen) atoms. The highest BCUT2D eigenvalue weighted by molar-refractivity contribution is 6.30. The molecule has 2 amide bonds. The Kier molecular flexibility index (Phi) is 7.97. The maximum absolute atomic E-state index is 12.8. The van der Waals surface area contributed by atoms with E-state index in [1.165, 1.54) is 6.08 Å². The van der Waals surface area contributed by atoms with Crippen LogP contribution >= 0.6 is 11.6 Å². The molecule has 0 unspecified atom stereocenters. The van der Waals surface area contributed by atoms with Crippen LogP contribution in [0.25, 0.3) is 6.08 Å². The topological polar surface area (TPSA) is 71.9 Å². The lowest BCUT2D eigenvalue weighted by atomic mass is 10.1. The molecular weight excluding hydrogens is 442 g/mol. The molecule has 2 aromatic rings. The zero-order valence-corrected chi connectivity index (χ0v) is 20.3. The summed E-state index contributed by atoms with van der Waals surface area (Å²) in [6.45, 7) is 10.4. The zero-order chi connectivity index (χ0) is 24.1. The lowest BCUT2D eigenvalue weighted by Gasteiger charge is -2.34. The summed E-state index contributed by atoms with van der Waals surface area (Å²) in [5, 5.41) is 0.583. The lowest BCUT2D eigenvalue weighted by Crippen LogP contribution is -2.50. The summed E-state index contributed by atoms with van der Waals surface area (Å²) in [4.78, 5) is 41.5. The Morgan fingerprint density at radius 3 is 2.15 bits per heavy atom. The van der Waals surface area contributed by atoms with Crippen molar-refractivity contribution in [2.45, 2.75) is 34.2 Å². The Morgan fingerprint density at radius 2 is 1.58 bits per heavy atom. The van der Waals surface area contributed by atoms with Crippen molar-refractivity contribution in [2.24, 2.45) is 0 Å². The van der Waals surface area contributed by atoms with E-state index in [0.29, 0.717) is 47.9 Å². The molecule has 2 heterocycles. The van der Waals surface area contributed by atoms with Crippen LogP contribution in [0.2, 0.25) is 5.02 Å². The third kappa shape index (κ3) is 5.30. The Balaban J connectivity index is 1.69. The van der Waals surface area contributed by atoms with Crippen LogP contribution in [0.1, 0.15) is 51.5 Å². The molecule has 1 aromatic heterocycles. The number of carbonyl (C=O) groups is 3. The number of aromatic nitrogens is 1. The van der Waals surface area contributed by atoms with Crippen molar-refractivity contribution >= 4 is 35.5 Å². The summed E-state index contributed by atoms with van der Waals surface area (Å²) in [6, 6.07) is 6.80. The number of carbonyl (C=O) groups excluding carboxylic acids is 3. The van der Waals surface area contributed by atoms with Crippen LogP contribution in [0.4, 0.5) is 0 Å². The second kappa shape index (κ2) is 10.7. The van der Waals surface area contributed by atoms with Crippen LogP contribution in [0, 0.1) is 13.8 Å². The first kappa shape index (κ1) is 24.6. The minimum atomic E-state index is -0.383. The average Bonchev–Trinajstić information content (AvgIpc) is 3.06. The van der Waals surface area contributed by atoms with Gasteiger partial charge in [0.2, 0.25) is 5.91 Å². The molecule has 0 aliphatic carbocycles. The first-order valence-corrected chi connectivity index (χ1v) is 11.5. The monoisotopic (exact) mass is 471 g/mol. The van der Waals surface area contributed by atoms with Crippen LogP contribution in [-0.4, -0.2) is 64.9 Å². The molecule has 1 aliphatic rings. The van der Waals surface area contributed by atoms with Gasteiger partial charge < -0.3 is 19.1 Å². The van der Waals surface area contributed by atoms with Gasteiger partial charge in [0.05, 0.1) is 12.2 Å². The van der Waals surface area contributed by atoms with Gasteiger partial charge in [-0.25, -0.2) is 4.79 Å². The van der Waals surface area contributed by atoms with Gasteiger partial charge in [0.1, 0.15) is 0 Å². The van der Waals surface area contributed by atoms with Gasteiger partial charge >= 0.3 is 5.97 Å². The summed E-state index contributed by atoms with van der Waals surface area (Å²) in [5.74, 6) is -0.600. The molecule has 3 rings (SSSR count). The zero-order valence-electron chi connectivity index (χ0n) is 19.6. The highest BCUT2D eigenvalue weighted by atomic mass is 35.5. The van der Waals surface area contributed by atoms with Crippen LogP contribution in [0.15, 0.2) is 30.3 Å². The van der Waals surface area contributed by atoms with Gasteiger partial charge in [-0.1, -0.05) is 11.6 Å². The van der Waals surface area contributed by atoms with E-state index in [9.17, 15) is 14.4 Å². The summed E-state index contributed by atoms with van der Waals surface area (Å²) < 4.78 is 7.28. The maximum Gasteiger partial charge on any atom is 0.340 e. The Labute approximate surface area is 199 Å². The third-order valence-electron chi connectivity index (χ3n) is 5.99. The van der Waals surface area contributed by atoms with E-state index in [0.717, 1.165) is 17.9 Å². The number of amides is 2. The third-order valence-corrected chi connectivity index (χ3v) is 6.24. The van der Waals surface area contributed by atoms with Crippen LogP contribution in [0.5, 0.6) is 0 Å². The smallest absolute Gasteiger partial charge is 0.340 e. The summed E-state index contributed by atoms with van der Waals surface area (Å²) in [6.07, 6.45) is 3.20. The van der Waals surface area contributed by atoms with Crippen molar-refractivity contribution in [1.82, 2.24) is 14.4 Å². The Hall–Kier alpha value is -3.06. The number of hydrogen-bond acceptors (Lipinski definition) is 4. The van der Waals surface area contributed by atoms with Crippen molar-refractivity contribution in [3.8, 4) is 0 Å². The van der Waals surface area contributed by atoms with E-state index in [-0.39, 0.29) is 24.4 Å². The molecule has 0 saturated carbocycles. The minimum Gasteiger partial charge on any atom is -0.462 e. The summed E-state index contributed by atoms with van der Waals surface area (Å²) in [5.41, 5.74) is 3.53. The largest absolute Gasteiger partial charge is 0.462 e. The van der Waals surface area contributed by atoms with Crippen molar-refractivity contribution in [1.29, 1.82) is 0 Å². The number of rotatable bonds is 6. The molecule has 0 N–H and O–H groups in total. The quantitative estimate of drug-likeness (QED) is 0.472. The van der Waals surface area contributed by atoms with Crippen molar-refractivity contribution < 1.29 is 19.1 Å². The van der Waals surface area contributed by atoms with Crippen LogP contribution in [-0.2, 0) is 16.1 Å². The van der Waals surface area contributed by atoms with Crippen molar-refractivity contribution in [3.05, 3.63) is 63.4 Å². The van der Waals surface area contributed by atoms with Gasteiger partial charge in [-0.2, -0.15) is 0 Å². The molecule has 1 fully saturated rings. The molecule has 7 nitrogen and oxygen atoms in total. The summed E-state index contributed by atoms with van der Waals surface area (Å²) >= 11 is 5.90. The predicted molar refractivity (Wildman–Crippen MR) is 129 cm³/mol. The molecule has 1 aromatic carbocycles. The van der Waals surface area contributed by atoms with Gasteiger partial charge in [0, 0.05) is 66.3 Å². The molecular formula is C25H30ClN3O4. The van der Waals surface area contributed by atoms with Crippen molar-refractivity contribution in [2.75, 3.05) is 32.8 Å². The van der Waals surface area contributed by atoms with E-state index in [1.807, 2.05) is 25.3 Å². The maximum atomic E-state index is 12.8. The van der Waals surface area contributed by atoms with Gasteiger partial charge in [-0.3, -0.25) is 9.59 Å². The van der Waals surface area contributed by atoms with Gasteiger partial charge in [-0.15, -0.1) is 0 Å². The molecule has 0 atom stereocenters. The molecule has 0 radical (unpaired) electrons. The first-order chi connectivity index (χ1) is 15.8. The normalized spacial score (nSPS) is 14.1.